The normalized spacial score (nSPS) is 14.3. The predicted molar refractivity (Wildman–Crippen MR) is 197 cm³/mol. The van der Waals surface area contributed by atoms with Crippen molar-refractivity contribution in [1.29, 1.82) is 0 Å². The minimum atomic E-state index is -5.08. The molecule has 0 fully saturated rings. The van der Waals surface area contributed by atoms with Gasteiger partial charge in [0.15, 0.2) is 0 Å². The number of nitrogens with zero attached hydrogens (tertiary/aromatic N) is 4. The Hall–Kier alpha value is -6.02. The topological polar surface area (TPSA) is 217 Å². The Bertz CT molecular complexity index is 1980. The van der Waals surface area contributed by atoms with Gasteiger partial charge in [-0.2, -0.15) is 13.2 Å². The zero-order chi connectivity index (χ0) is 43.5. The summed E-state index contributed by atoms with van der Waals surface area (Å²) in [6.07, 6.45) is -1.30. The first-order valence-corrected chi connectivity index (χ1v) is 17.7. The van der Waals surface area contributed by atoms with E-state index in [1.54, 1.807) is 10.8 Å². The van der Waals surface area contributed by atoms with Gasteiger partial charge in [0.2, 0.25) is 17.7 Å². The first-order chi connectivity index (χ1) is 27.0. The molecule has 1 aliphatic rings. The molecule has 0 saturated carbocycles. The van der Waals surface area contributed by atoms with Gasteiger partial charge < -0.3 is 36.0 Å². The number of imide groups is 1. The van der Waals surface area contributed by atoms with E-state index in [1.807, 2.05) is 51.1 Å². The third kappa shape index (κ3) is 12.7. The second-order valence-electron chi connectivity index (χ2n) is 14.1. The molecule has 1 aliphatic heterocycles. The van der Waals surface area contributed by atoms with Crippen LogP contribution in [0.2, 0.25) is 0 Å². The number of amides is 5. The molecule has 6 N–H and O–H groups in total. The van der Waals surface area contributed by atoms with Crippen molar-refractivity contribution in [3.8, 4) is 11.3 Å². The Labute approximate surface area is 329 Å². The number of aliphatic hydroxyl groups is 1. The summed E-state index contributed by atoms with van der Waals surface area (Å²) in [5, 5.41) is 22.2. The highest BCUT2D eigenvalue weighted by atomic mass is 19.4. The number of aliphatic hydroxyl groups excluding tert-OH is 1. The number of carbonyl (C=O) groups excluding carboxylic acids is 5. The average Bonchev–Trinajstić information content (AvgIpc) is 3.70. The number of aliphatic carboxylic acids is 1. The second kappa shape index (κ2) is 19.9. The Morgan fingerprint density at radius 2 is 1.57 bits per heavy atom. The molecular formula is C38H44F5N7O8. The monoisotopic (exact) mass is 821 g/mol. The second-order valence-corrected chi connectivity index (χ2v) is 14.1. The molecule has 314 valence electrons. The lowest BCUT2D eigenvalue weighted by atomic mass is 9.84. The molecule has 0 unspecified atom stereocenters. The largest absolute Gasteiger partial charge is 0.490 e. The minimum absolute atomic E-state index is 0.0235. The highest BCUT2D eigenvalue weighted by Crippen LogP contribution is 2.39. The van der Waals surface area contributed by atoms with Gasteiger partial charge in [0.25, 0.3) is 11.8 Å². The molecule has 0 spiro atoms. The van der Waals surface area contributed by atoms with E-state index < -0.39 is 83.5 Å². The van der Waals surface area contributed by atoms with Crippen molar-refractivity contribution in [1.82, 2.24) is 30.0 Å². The molecule has 15 nitrogen and oxygen atoms in total. The van der Waals surface area contributed by atoms with Crippen LogP contribution in [0.5, 0.6) is 0 Å². The molecule has 1 aromatic heterocycles. The predicted octanol–water partition coefficient (Wildman–Crippen LogP) is 2.68. The zero-order valence-electron chi connectivity index (χ0n) is 31.9. The maximum Gasteiger partial charge on any atom is 0.490 e. The van der Waals surface area contributed by atoms with Gasteiger partial charge >= 0.3 is 12.1 Å². The van der Waals surface area contributed by atoms with E-state index in [9.17, 15) is 51.0 Å². The summed E-state index contributed by atoms with van der Waals surface area (Å²) in [7, 11) is 0. The summed E-state index contributed by atoms with van der Waals surface area (Å²) >= 11 is 0. The lowest BCUT2D eigenvalue weighted by Gasteiger charge is -2.40. The van der Waals surface area contributed by atoms with Crippen LogP contribution in [0.1, 0.15) is 51.5 Å². The van der Waals surface area contributed by atoms with Crippen LogP contribution >= 0.6 is 0 Å². The summed E-state index contributed by atoms with van der Waals surface area (Å²) in [6.45, 7) is 6.26. The van der Waals surface area contributed by atoms with E-state index in [4.69, 9.17) is 20.6 Å². The van der Waals surface area contributed by atoms with Crippen molar-refractivity contribution < 1.29 is 60.9 Å². The van der Waals surface area contributed by atoms with Crippen LogP contribution in [-0.2, 0) is 35.3 Å². The minimum Gasteiger partial charge on any atom is -0.475 e. The van der Waals surface area contributed by atoms with Crippen LogP contribution in [0.4, 0.5) is 22.0 Å². The number of hydrogen-bond donors (Lipinski definition) is 5. The molecular weight excluding hydrogens is 777 g/mol. The smallest absolute Gasteiger partial charge is 0.475 e. The molecule has 3 atom stereocenters. The lowest BCUT2D eigenvalue weighted by molar-refractivity contribution is -0.192. The standard InChI is InChI=1S/C36H43F2N7O6.C2HF3O2/c1-22(34(50)40-15-17-44-29(47)12-13-30(44)48)41-35(51)27(39)14-16-45(31(49)21-46)32(36(2,3)4)33-42-28(25-18-24(37)10-11-26(25)38)20-43(33)19-23-8-6-5-7-9-23;3-2(4,5)1(6)7/h5-13,18,20,22,27,32,46H,14-17,19,21,39H2,1-4H3,(H,40,50)(H,41,51);(H,6,7)/t22-,27+,32+;/m1./s1. The number of carboxylic acid groups (broad SMARTS) is 1. The SMILES string of the molecule is C[C@@H](NC(=O)[C@@H](N)CCN(C(=O)CO)[C@@H](c1nc(-c2cc(F)ccc2F)cn1Cc1ccccc1)C(C)(C)C)C(=O)NCCN1C(=O)C=CC1=O.O=C(O)C(F)(F)F. The van der Waals surface area contributed by atoms with E-state index in [0.29, 0.717) is 5.82 Å². The van der Waals surface area contributed by atoms with Crippen molar-refractivity contribution in [2.45, 2.75) is 65.0 Å². The van der Waals surface area contributed by atoms with Crippen LogP contribution < -0.4 is 16.4 Å². The molecule has 4 rings (SSSR count). The van der Waals surface area contributed by atoms with Gasteiger partial charge in [-0.25, -0.2) is 18.6 Å². The van der Waals surface area contributed by atoms with E-state index in [0.717, 1.165) is 40.8 Å². The molecule has 0 aliphatic carbocycles. The van der Waals surface area contributed by atoms with Crippen molar-refractivity contribution >= 4 is 35.5 Å². The van der Waals surface area contributed by atoms with Gasteiger partial charge in [-0.15, -0.1) is 0 Å². The summed E-state index contributed by atoms with van der Waals surface area (Å²) < 4.78 is 62.7. The number of carbonyl (C=O) groups is 6. The quantitative estimate of drug-likeness (QED) is 0.112. The number of aromatic nitrogens is 2. The number of alkyl halides is 3. The Morgan fingerprint density at radius 1 is 0.966 bits per heavy atom. The maximum atomic E-state index is 15.0. The lowest BCUT2D eigenvalue weighted by Crippen LogP contribution is -2.52. The highest BCUT2D eigenvalue weighted by Gasteiger charge is 2.39. The molecule has 3 aromatic rings. The molecule has 58 heavy (non-hydrogen) atoms. The van der Waals surface area contributed by atoms with Crippen molar-refractivity contribution in [3.05, 3.63) is 89.9 Å². The first kappa shape index (κ1) is 46.4. The number of carboxylic acids is 1. The number of halogens is 5. The third-order valence-electron chi connectivity index (χ3n) is 8.59. The van der Waals surface area contributed by atoms with E-state index in [-0.39, 0.29) is 43.9 Å². The summed E-state index contributed by atoms with van der Waals surface area (Å²) in [5.74, 6) is -6.63. The molecule has 2 aromatic carbocycles. The van der Waals surface area contributed by atoms with Crippen molar-refractivity contribution in [2.24, 2.45) is 11.1 Å². The molecule has 0 saturated heterocycles. The molecule has 20 heteroatoms. The number of rotatable bonds is 15. The van der Waals surface area contributed by atoms with Crippen molar-refractivity contribution in [2.75, 3.05) is 26.2 Å². The Balaban J connectivity index is 0.00000117. The fourth-order valence-corrected chi connectivity index (χ4v) is 5.75. The Kier molecular flexibility index (Phi) is 15.9. The fourth-order valence-electron chi connectivity index (χ4n) is 5.75. The van der Waals surface area contributed by atoms with Gasteiger partial charge in [-0.05, 0) is 42.5 Å². The average molecular weight is 822 g/mol. The van der Waals surface area contributed by atoms with Gasteiger partial charge in [0.05, 0.1) is 17.8 Å². The summed E-state index contributed by atoms with van der Waals surface area (Å²) in [5.41, 5.74) is 6.45. The van der Waals surface area contributed by atoms with E-state index in [2.05, 4.69) is 10.6 Å². The van der Waals surface area contributed by atoms with Crippen LogP contribution in [0.3, 0.4) is 0 Å². The molecule has 0 bridgehead atoms. The van der Waals surface area contributed by atoms with Crippen molar-refractivity contribution in [3.63, 3.8) is 0 Å². The number of benzene rings is 2. The zero-order valence-corrected chi connectivity index (χ0v) is 31.9. The van der Waals surface area contributed by atoms with E-state index >= 15 is 0 Å². The Morgan fingerprint density at radius 3 is 2.12 bits per heavy atom. The molecule has 5 amide bonds. The van der Waals surface area contributed by atoms with Crippen LogP contribution in [0, 0.1) is 17.0 Å². The number of nitrogens with two attached hydrogens (primary N) is 1. The van der Waals surface area contributed by atoms with Gasteiger partial charge in [0, 0.05) is 50.1 Å². The molecule has 2 heterocycles. The van der Waals surface area contributed by atoms with Gasteiger partial charge in [-0.3, -0.25) is 28.9 Å². The molecule has 0 radical (unpaired) electrons. The van der Waals surface area contributed by atoms with Crippen LogP contribution in [0.25, 0.3) is 11.3 Å². The highest BCUT2D eigenvalue weighted by molar-refractivity contribution is 6.12. The van der Waals surface area contributed by atoms with E-state index in [1.165, 1.54) is 11.8 Å². The maximum absolute atomic E-state index is 15.0. The van der Waals surface area contributed by atoms with Gasteiger partial charge in [-0.1, -0.05) is 51.1 Å². The summed E-state index contributed by atoms with van der Waals surface area (Å²) in [4.78, 5) is 78.4. The van der Waals surface area contributed by atoms with Crippen LogP contribution in [0.15, 0.2) is 66.9 Å². The van der Waals surface area contributed by atoms with Gasteiger partial charge in [0.1, 0.15) is 30.1 Å². The summed E-state index contributed by atoms with van der Waals surface area (Å²) in [6, 6.07) is 9.38. The van der Waals surface area contributed by atoms with Crippen LogP contribution in [-0.4, -0.2) is 110 Å². The third-order valence-corrected chi connectivity index (χ3v) is 8.59. The fraction of sp³-hybridized carbons (Fsp3) is 0.395. The first-order valence-electron chi connectivity index (χ1n) is 17.7. The number of nitrogens with one attached hydrogen (secondary N) is 2. The number of imidazole rings is 1. The number of hydrogen-bond acceptors (Lipinski definition) is 9.